The molecule has 3 unspecified atom stereocenters. The molecule has 2 aliphatic rings. The van der Waals surface area contributed by atoms with E-state index in [1.165, 1.54) is 19.3 Å². The van der Waals surface area contributed by atoms with Gasteiger partial charge in [-0.25, -0.2) is 0 Å². The van der Waals surface area contributed by atoms with Crippen molar-refractivity contribution in [2.45, 2.75) is 38.3 Å². The normalized spacial score (nSPS) is 32.8. The maximum absolute atomic E-state index is 10.0. The second-order valence-electron chi connectivity index (χ2n) is 5.49. The highest BCUT2D eigenvalue weighted by atomic mass is 16.5. The van der Waals surface area contributed by atoms with E-state index in [9.17, 15) is 5.11 Å². The summed E-state index contributed by atoms with van der Waals surface area (Å²) in [6.07, 6.45) is 3.68. The fourth-order valence-corrected chi connectivity index (χ4v) is 2.88. The standard InChI is InChI=1S/C13H26N2O2/c1-11-3-2-4-13(11)14-9-12(16)10-15-5-7-17-8-6-15/h11-14,16H,2-10H2,1H3. The molecule has 0 bridgehead atoms. The summed E-state index contributed by atoms with van der Waals surface area (Å²) >= 11 is 0. The molecule has 1 saturated carbocycles. The first kappa shape index (κ1) is 13.3. The highest BCUT2D eigenvalue weighted by Crippen LogP contribution is 2.24. The number of rotatable bonds is 5. The Hall–Kier alpha value is -0.160. The lowest BCUT2D eigenvalue weighted by atomic mass is 10.1. The molecule has 0 aromatic rings. The second kappa shape index (κ2) is 6.69. The lowest BCUT2D eigenvalue weighted by Gasteiger charge is -2.29. The van der Waals surface area contributed by atoms with E-state index >= 15 is 0 Å². The SMILES string of the molecule is CC1CCCC1NCC(O)CN1CCOCC1. The van der Waals surface area contributed by atoms with E-state index < -0.39 is 0 Å². The molecule has 100 valence electrons. The summed E-state index contributed by atoms with van der Waals surface area (Å²) in [6.45, 7) is 7.33. The van der Waals surface area contributed by atoms with Crippen LogP contribution in [-0.4, -0.2) is 61.5 Å². The molecule has 2 N–H and O–H groups in total. The van der Waals surface area contributed by atoms with Crippen molar-refractivity contribution in [3.05, 3.63) is 0 Å². The molecule has 17 heavy (non-hydrogen) atoms. The van der Waals surface area contributed by atoms with Crippen LogP contribution in [-0.2, 0) is 4.74 Å². The minimum atomic E-state index is -0.249. The number of hydrogen-bond donors (Lipinski definition) is 2. The van der Waals surface area contributed by atoms with Crippen molar-refractivity contribution in [1.29, 1.82) is 0 Å². The zero-order chi connectivity index (χ0) is 12.1. The van der Waals surface area contributed by atoms with E-state index in [0.717, 1.165) is 45.3 Å². The second-order valence-corrected chi connectivity index (χ2v) is 5.49. The average molecular weight is 242 g/mol. The van der Waals surface area contributed by atoms with Gasteiger partial charge in [-0.15, -0.1) is 0 Å². The smallest absolute Gasteiger partial charge is 0.0791 e. The Morgan fingerprint density at radius 3 is 2.76 bits per heavy atom. The molecular weight excluding hydrogens is 216 g/mol. The summed E-state index contributed by atoms with van der Waals surface area (Å²) < 4.78 is 5.30. The summed E-state index contributed by atoms with van der Waals surface area (Å²) in [5.41, 5.74) is 0. The third-order valence-electron chi connectivity index (χ3n) is 4.05. The third-order valence-corrected chi connectivity index (χ3v) is 4.05. The van der Waals surface area contributed by atoms with Gasteiger partial charge in [-0.2, -0.15) is 0 Å². The molecule has 2 fully saturated rings. The quantitative estimate of drug-likeness (QED) is 0.735. The van der Waals surface area contributed by atoms with E-state index in [1.807, 2.05) is 0 Å². The molecule has 1 aliphatic heterocycles. The molecule has 1 saturated heterocycles. The van der Waals surface area contributed by atoms with Crippen molar-refractivity contribution in [3.63, 3.8) is 0 Å². The fraction of sp³-hybridized carbons (Fsp3) is 1.00. The van der Waals surface area contributed by atoms with Crippen LogP contribution in [0.25, 0.3) is 0 Å². The Balaban J connectivity index is 1.61. The molecule has 0 aromatic carbocycles. The number of β-amino-alcohol motifs (C(OH)–C–C–N with tert-alkyl or cyclic N) is 1. The summed E-state index contributed by atoms with van der Waals surface area (Å²) in [6, 6.07) is 0.620. The van der Waals surface area contributed by atoms with Gasteiger partial charge >= 0.3 is 0 Å². The van der Waals surface area contributed by atoms with Gasteiger partial charge in [0.15, 0.2) is 0 Å². The number of hydrogen-bond acceptors (Lipinski definition) is 4. The van der Waals surface area contributed by atoms with E-state index in [2.05, 4.69) is 17.1 Å². The number of nitrogens with one attached hydrogen (secondary N) is 1. The lowest BCUT2D eigenvalue weighted by molar-refractivity contribution is 0.0143. The van der Waals surface area contributed by atoms with Gasteiger partial charge in [0.05, 0.1) is 19.3 Å². The zero-order valence-corrected chi connectivity index (χ0v) is 10.9. The molecule has 3 atom stereocenters. The lowest BCUT2D eigenvalue weighted by Crippen LogP contribution is -2.45. The van der Waals surface area contributed by atoms with Gasteiger partial charge in [0.1, 0.15) is 0 Å². The summed E-state index contributed by atoms with van der Waals surface area (Å²) in [5, 5.41) is 13.5. The van der Waals surface area contributed by atoms with Crippen LogP contribution in [0.5, 0.6) is 0 Å². The van der Waals surface area contributed by atoms with Crippen LogP contribution in [0.2, 0.25) is 0 Å². The van der Waals surface area contributed by atoms with Crippen molar-refractivity contribution in [2.24, 2.45) is 5.92 Å². The van der Waals surface area contributed by atoms with Gasteiger partial charge in [-0.1, -0.05) is 13.3 Å². The number of ether oxygens (including phenoxy) is 1. The van der Waals surface area contributed by atoms with Crippen LogP contribution < -0.4 is 5.32 Å². The first-order chi connectivity index (χ1) is 8.25. The third kappa shape index (κ3) is 4.21. The van der Waals surface area contributed by atoms with E-state index in [0.29, 0.717) is 6.04 Å². The molecule has 1 heterocycles. The van der Waals surface area contributed by atoms with Crippen LogP contribution in [0.3, 0.4) is 0 Å². The maximum Gasteiger partial charge on any atom is 0.0791 e. The number of aliphatic hydroxyl groups excluding tert-OH is 1. The number of nitrogens with zero attached hydrogens (tertiary/aromatic N) is 1. The van der Waals surface area contributed by atoms with Crippen molar-refractivity contribution in [1.82, 2.24) is 10.2 Å². The summed E-state index contributed by atoms with van der Waals surface area (Å²) in [7, 11) is 0. The maximum atomic E-state index is 10.0. The van der Waals surface area contributed by atoms with Gasteiger partial charge < -0.3 is 15.2 Å². The molecule has 0 radical (unpaired) electrons. The Kier molecular flexibility index (Phi) is 5.22. The Morgan fingerprint density at radius 2 is 2.12 bits per heavy atom. The van der Waals surface area contributed by atoms with Gasteiger partial charge in [0, 0.05) is 32.2 Å². The summed E-state index contributed by atoms with van der Waals surface area (Å²) in [4.78, 5) is 2.29. The van der Waals surface area contributed by atoms with Crippen LogP contribution in [0.1, 0.15) is 26.2 Å². The molecule has 0 spiro atoms. The highest BCUT2D eigenvalue weighted by Gasteiger charge is 2.23. The van der Waals surface area contributed by atoms with Crippen LogP contribution in [0, 0.1) is 5.92 Å². The van der Waals surface area contributed by atoms with Crippen LogP contribution >= 0.6 is 0 Å². The zero-order valence-electron chi connectivity index (χ0n) is 10.9. The van der Waals surface area contributed by atoms with Gasteiger partial charge in [0.2, 0.25) is 0 Å². The Morgan fingerprint density at radius 1 is 1.35 bits per heavy atom. The monoisotopic (exact) mass is 242 g/mol. The molecule has 0 amide bonds. The predicted molar refractivity (Wildman–Crippen MR) is 68.1 cm³/mol. The fourth-order valence-electron chi connectivity index (χ4n) is 2.88. The van der Waals surface area contributed by atoms with E-state index in [4.69, 9.17) is 4.74 Å². The molecular formula is C13H26N2O2. The predicted octanol–water partition coefficient (Wildman–Crippen LogP) is 0.458. The minimum Gasteiger partial charge on any atom is -0.390 e. The van der Waals surface area contributed by atoms with E-state index in [1.54, 1.807) is 0 Å². The van der Waals surface area contributed by atoms with Gasteiger partial charge in [0.25, 0.3) is 0 Å². The van der Waals surface area contributed by atoms with Crippen molar-refractivity contribution in [3.8, 4) is 0 Å². The summed E-state index contributed by atoms with van der Waals surface area (Å²) in [5.74, 6) is 0.769. The molecule has 0 aromatic heterocycles. The van der Waals surface area contributed by atoms with Crippen molar-refractivity contribution < 1.29 is 9.84 Å². The Bertz CT molecular complexity index is 219. The van der Waals surface area contributed by atoms with Crippen LogP contribution in [0.4, 0.5) is 0 Å². The first-order valence-corrected chi connectivity index (χ1v) is 6.97. The largest absolute Gasteiger partial charge is 0.390 e. The number of aliphatic hydroxyl groups is 1. The Labute approximate surface area is 104 Å². The highest BCUT2D eigenvalue weighted by molar-refractivity contribution is 4.81. The van der Waals surface area contributed by atoms with Crippen molar-refractivity contribution in [2.75, 3.05) is 39.4 Å². The topological polar surface area (TPSA) is 44.7 Å². The molecule has 2 rings (SSSR count). The van der Waals surface area contributed by atoms with Gasteiger partial charge in [-0.05, 0) is 18.8 Å². The first-order valence-electron chi connectivity index (χ1n) is 6.97. The van der Waals surface area contributed by atoms with Gasteiger partial charge in [-0.3, -0.25) is 4.90 Å². The van der Waals surface area contributed by atoms with E-state index in [-0.39, 0.29) is 6.10 Å². The molecule has 4 heteroatoms. The number of morpholine rings is 1. The molecule has 1 aliphatic carbocycles. The molecule has 4 nitrogen and oxygen atoms in total. The minimum absolute atomic E-state index is 0.249. The van der Waals surface area contributed by atoms with Crippen LogP contribution in [0.15, 0.2) is 0 Å². The van der Waals surface area contributed by atoms with Crippen molar-refractivity contribution >= 4 is 0 Å². The average Bonchev–Trinajstić information content (AvgIpc) is 2.74.